The standard InChI is InChI=1S/C17H13ClN6OS/c1-9-7-10(2)24-16(19-9)21-14(23-24)15(25)22-17-20-13(8-26-17)11-3-5-12(18)6-4-11/h3-8H,1-2H3,(H,20,22,25). The normalized spacial score (nSPS) is 11.0. The van der Waals surface area contributed by atoms with Crippen LogP contribution in [-0.4, -0.2) is 30.5 Å². The minimum Gasteiger partial charge on any atom is -0.295 e. The number of halogens is 1. The maximum absolute atomic E-state index is 12.4. The molecule has 0 atom stereocenters. The van der Waals surface area contributed by atoms with Gasteiger partial charge in [0, 0.05) is 27.4 Å². The minimum atomic E-state index is -0.426. The van der Waals surface area contributed by atoms with E-state index in [9.17, 15) is 4.79 Å². The van der Waals surface area contributed by atoms with Crippen molar-refractivity contribution in [3.8, 4) is 11.3 Å². The molecule has 4 aromatic rings. The summed E-state index contributed by atoms with van der Waals surface area (Å²) in [6, 6.07) is 9.23. The highest BCUT2D eigenvalue weighted by molar-refractivity contribution is 7.14. The largest absolute Gasteiger partial charge is 0.297 e. The Bertz CT molecular complexity index is 1120. The van der Waals surface area contributed by atoms with E-state index >= 15 is 0 Å². The van der Waals surface area contributed by atoms with Crippen LogP contribution in [0.15, 0.2) is 35.7 Å². The van der Waals surface area contributed by atoms with E-state index in [1.165, 1.54) is 11.3 Å². The molecular formula is C17H13ClN6OS. The Balaban J connectivity index is 1.57. The smallest absolute Gasteiger partial charge is 0.295 e. The summed E-state index contributed by atoms with van der Waals surface area (Å²) >= 11 is 7.23. The quantitative estimate of drug-likeness (QED) is 0.581. The predicted molar refractivity (Wildman–Crippen MR) is 101 cm³/mol. The summed E-state index contributed by atoms with van der Waals surface area (Å²) in [5.41, 5.74) is 3.37. The number of benzene rings is 1. The number of carbonyl (C=O) groups excluding carboxylic acids is 1. The van der Waals surface area contributed by atoms with Crippen molar-refractivity contribution >= 4 is 39.8 Å². The van der Waals surface area contributed by atoms with Gasteiger partial charge in [-0.1, -0.05) is 23.7 Å². The molecule has 0 bridgehead atoms. The van der Waals surface area contributed by atoms with Gasteiger partial charge in [0.05, 0.1) is 5.69 Å². The van der Waals surface area contributed by atoms with E-state index in [1.807, 2.05) is 37.4 Å². The molecule has 0 aliphatic rings. The summed E-state index contributed by atoms with van der Waals surface area (Å²) < 4.78 is 1.54. The Labute approximate surface area is 157 Å². The summed E-state index contributed by atoms with van der Waals surface area (Å²) in [5, 5.41) is 9.95. The van der Waals surface area contributed by atoms with Crippen LogP contribution < -0.4 is 5.32 Å². The molecule has 4 rings (SSSR count). The highest BCUT2D eigenvalue weighted by atomic mass is 35.5. The van der Waals surface area contributed by atoms with Crippen LogP contribution in [0, 0.1) is 13.8 Å². The average Bonchev–Trinajstić information content (AvgIpc) is 3.22. The zero-order chi connectivity index (χ0) is 18.3. The zero-order valence-corrected chi connectivity index (χ0v) is 15.5. The fourth-order valence-electron chi connectivity index (χ4n) is 2.50. The topological polar surface area (TPSA) is 85.1 Å². The van der Waals surface area contributed by atoms with Gasteiger partial charge in [0.2, 0.25) is 5.82 Å². The number of nitrogens with zero attached hydrogens (tertiary/aromatic N) is 5. The Morgan fingerprint density at radius 3 is 2.69 bits per heavy atom. The van der Waals surface area contributed by atoms with Crippen molar-refractivity contribution in [2.45, 2.75) is 13.8 Å². The van der Waals surface area contributed by atoms with Crippen molar-refractivity contribution in [1.29, 1.82) is 0 Å². The fourth-order valence-corrected chi connectivity index (χ4v) is 3.34. The Morgan fingerprint density at radius 2 is 1.92 bits per heavy atom. The van der Waals surface area contributed by atoms with E-state index in [4.69, 9.17) is 11.6 Å². The van der Waals surface area contributed by atoms with E-state index in [1.54, 1.807) is 16.6 Å². The fraction of sp³-hybridized carbons (Fsp3) is 0.118. The molecule has 9 heteroatoms. The molecule has 0 saturated heterocycles. The molecule has 7 nitrogen and oxygen atoms in total. The van der Waals surface area contributed by atoms with Gasteiger partial charge in [0.1, 0.15) is 0 Å². The van der Waals surface area contributed by atoms with Crippen LogP contribution in [0.3, 0.4) is 0 Å². The number of thiazole rings is 1. The minimum absolute atomic E-state index is 0.0504. The van der Waals surface area contributed by atoms with Crippen LogP contribution in [0.2, 0.25) is 5.02 Å². The van der Waals surface area contributed by atoms with Gasteiger partial charge >= 0.3 is 0 Å². The lowest BCUT2D eigenvalue weighted by Crippen LogP contribution is -2.13. The van der Waals surface area contributed by atoms with Crippen LogP contribution in [0.1, 0.15) is 22.0 Å². The van der Waals surface area contributed by atoms with Gasteiger partial charge in [-0.2, -0.15) is 4.98 Å². The zero-order valence-electron chi connectivity index (χ0n) is 13.9. The summed E-state index contributed by atoms with van der Waals surface area (Å²) in [4.78, 5) is 25.3. The van der Waals surface area contributed by atoms with Crippen molar-refractivity contribution in [3.05, 3.63) is 57.9 Å². The monoisotopic (exact) mass is 384 g/mol. The molecule has 130 valence electrons. The van der Waals surface area contributed by atoms with Gasteiger partial charge in [-0.25, -0.2) is 14.5 Å². The third kappa shape index (κ3) is 3.16. The molecule has 0 fully saturated rings. The van der Waals surface area contributed by atoms with Gasteiger partial charge in [-0.3, -0.25) is 10.1 Å². The third-order valence-electron chi connectivity index (χ3n) is 3.69. The van der Waals surface area contributed by atoms with Crippen LogP contribution >= 0.6 is 22.9 Å². The van der Waals surface area contributed by atoms with Crippen molar-refractivity contribution in [2.75, 3.05) is 5.32 Å². The Hall–Kier alpha value is -2.84. The second-order valence-corrected chi connectivity index (χ2v) is 6.98. The van der Waals surface area contributed by atoms with Crippen molar-refractivity contribution in [1.82, 2.24) is 24.6 Å². The molecule has 1 amide bonds. The second kappa shape index (κ2) is 6.47. The van der Waals surface area contributed by atoms with E-state index in [0.29, 0.717) is 15.9 Å². The number of anilines is 1. The van der Waals surface area contributed by atoms with Crippen LogP contribution in [0.4, 0.5) is 5.13 Å². The number of rotatable bonds is 3. The molecule has 3 aromatic heterocycles. The molecule has 26 heavy (non-hydrogen) atoms. The molecule has 0 saturated carbocycles. The van der Waals surface area contributed by atoms with E-state index < -0.39 is 5.91 Å². The van der Waals surface area contributed by atoms with E-state index in [2.05, 4.69) is 25.4 Å². The molecular weight excluding hydrogens is 372 g/mol. The maximum Gasteiger partial charge on any atom is 0.297 e. The number of fused-ring (bicyclic) bond motifs is 1. The van der Waals surface area contributed by atoms with Gasteiger partial charge in [-0.05, 0) is 32.0 Å². The summed E-state index contributed by atoms with van der Waals surface area (Å²) in [7, 11) is 0. The molecule has 0 unspecified atom stereocenters. The number of aromatic nitrogens is 5. The summed E-state index contributed by atoms with van der Waals surface area (Å²) in [5.74, 6) is 0.0210. The number of amides is 1. The van der Waals surface area contributed by atoms with Gasteiger partial charge in [0.15, 0.2) is 5.13 Å². The first-order valence-corrected chi connectivity index (χ1v) is 8.99. The molecule has 3 heterocycles. The van der Waals surface area contributed by atoms with Crippen LogP contribution in [0.5, 0.6) is 0 Å². The average molecular weight is 385 g/mol. The lowest BCUT2D eigenvalue weighted by atomic mass is 10.2. The van der Waals surface area contributed by atoms with Crippen molar-refractivity contribution in [2.24, 2.45) is 0 Å². The summed E-state index contributed by atoms with van der Waals surface area (Å²) in [6.07, 6.45) is 0. The first-order chi connectivity index (χ1) is 12.5. The first kappa shape index (κ1) is 16.6. The SMILES string of the molecule is Cc1cc(C)n2nc(C(=O)Nc3nc(-c4ccc(Cl)cc4)cs3)nc2n1. The number of carbonyl (C=O) groups is 1. The molecule has 0 spiro atoms. The van der Waals surface area contributed by atoms with Crippen molar-refractivity contribution < 1.29 is 4.79 Å². The maximum atomic E-state index is 12.4. The Kier molecular flexibility index (Phi) is 4.14. The predicted octanol–water partition coefficient (Wildman–Crippen LogP) is 3.77. The first-order valence-electron chi connectivity index (χ1n) is 7.73. The van der Waals surface area contributed by atoms with Gasteiger partial charge in [0.25, 0.3) is 11.7 Å². The lowest BCUT2D eigenvalue weighted by Gasteiger charge is -1.98. The van der Waals surface area contributed by atoms with Gasteiger partial charge < -0.3 is 0 Å². The number of hydrogen-bond acceptors (Lipinski definition) is 6. The van der Waals surface area contributed by atoms with Crippen LogP contribution in [-0.2, 0) is 0 Å². The number of hydrogen-bond donors (Lipinski definition) is 1. The molecule has 1 N–H and O–H groups in total. The molecule has 0 aliphatic heterocycles. The Morgan fingerprint density at radius 1 is 1.15 bits per heavy atom. The number of nitrogens with one attached hydrogen (secondary N) is 1. The second-order valence-electron chi connectivity index (χ2n) is 5.69. The van der Waals surface area contributed by atoms with Crippen molar-refractivity contribution in [3.63, 3.8) is 0 Å². The summed E-state index contributed by atoms with van der Waals surface area (Å²) in [6.45, 7) is 3.76. The van der Waals surface area contributed by atoms with Crippen LogP contribution in [0.25, 0.3) is 17.0 Å². The molecule has 1 aromatic carbocycles. The highest BCUT2D eigenvalue weighted by Gasteiger charge is 2.16. The third-order valence-corrected chi connectivity index (χ3v) is 4.70. The van der Waals surface area contributed by atoms with E-state index in [-0.39, 0.29) is 5.82 Å². The molecule has 0 aliphatic carbocycles. The highest BCUT2D eigenvalue weighted by Crippen LogP contribution is 2.26. The molecule has 0 radical (unpaired) electrons. The van der Waals surface area contributed by atoms with Gasteiger partial charge in [-0.15, -0.1) is 16.4 Å². The lowest BCUT2D eigenvalue weighted by molar-refractivity contribution is 0.101. The van der Waals surface area contributed by atoms with E-state index in [0.717, 1.165) is 22.6 Å². The number of aryl methyl sites for hydroxylation is 2.